The minimum Gasteiger partial charge on any atom is -0.493 e. The van der Waals surface area contributed by atoms with Gasteiger partial charge in [0.15, 0.2) is 0 Å². The molecule has 0 amide bonds. The molecule has 3 rings (SSSR count). The third-order valence-corrected chi connectivity index (χ3v) is 4.81. The van der Waals surface area contributed by atoms with E-state index in [0.717, 1.165) is 18.7 Å². The van der Waals surface area contributed by atoms with E-state index in [1.54, 1.807) is 12.1 Å². The zero-order valence-electron chi connectivity index (χ0n) is 12.3. The summed E-state index contributed by atoms with van der Waals surface area (Å²) in [6.07, 6.45) is 1.89. The zero-order valence-corrected chi connectivity index (χ0v) is 13.8. The van der Waals surface area contributed by atoms with Crippen LogP contribution in [-0.2, 0) is 16.9 Å². The van der Waals surface area contributed by atoms with Crippen LogP contribution < -0.4 is 11.0 Å². The molecule has 2 aromatic rings. The fourth-order valence-electron chi connectivity index (χ4n) is 2.82. The number of imidazole rings is 1. The van der Waals surface area contributed by atoms with Crippen LogP contribution in [0.5, 0.6) is 5.88 Å². The highest BCUT2D eigenvalue weighted by atomic mass is 35.5. The summed E-state index contributed by atoms with van der Waals surface area (Å²) in [5, 5.41) is 14.1. The van der Waals surface area contributed by atoms with E-state index in [-0.39, 0.29) is 18.1 Å². The lowest BCUT2D eigenvalue weighted by molar-refractivity contribution is -0.0574. The summed E-state index contributed by atoms with van der Waals surface area (Å²) in [5.74, 6) is -0.129. The number of H-pyrrole nitrogens is 1. The van der Waals surface area contributed by atoms with Crippen LogP contribution in [0.1, 0.15) is 12.0 Å². The van der Waals surface area contributed by atoms with Gasteiger partial charge < -0.3 is 20.1 Å². The molecule has 0 bridgehead atoms. The molecule has 0 saturated carbocycles. The first-order valence-corrected chi connectivity index (χ1v) is 8.05. The van der Waals surface area contributed by atoms with Gasteiger partial charge in [0.1, 0.15) is 5.60 Å². The Morgan fingerprint density at radius 2 is 2.13 bits per heavy atom. The lowest BCUT2D eigenvalue weighted by Crippen LogP contribution is -2.38. The zero-order chi connectivity index (χ0) is 16.4. The maximum absolute atomic E-state index is 11.9. The third kappa shape index (κ3) is 3.26. The molecule has 2 heterocycles. The first-order chi connectivity index (χ1) is 11.0. The van der Waals surface area contributed by atoms with Gasteiger partial charge >= 0.3 is 5.69 Å². The van der Waals surface area contributed by atoms with Crippen LogP contribution in [0.2, 0.25) is 10.0 Å². The standard InChI is InChI=1S/C15H17Cl2N3O3/c16-11-2-1-10(7-12(11)17)15(3-4-18-5-6-23-15)9-20-13(21)8-19-14(20)22/h1-2,7-8,18,21H,3-6,9H2,(H,19,22)/t15-/m0/s1. The number of hydrogen-bond donors (Lipinski definition) is 3. The minimum atomic E-state index is -0.777. The van der Waals surface area contributed by atoms with Gasteiger partial charge in [-0.1, -0.05) is 29.3 Å². The molecular weight excluding hydrogens is 341 g/mol. The van der Waals surface area contributed by atoms with E-state index in [1.165, 1.54) is 10.8 Å². The van der Waals surface area contributed by atoms with Gasteiger partial charge in [-0.15, -0.1) is 0 Å². The van der Waals surface area contributed by atoms with Crippen molar-refractivity contribution < 1.29 is 9.84 Å². The van der Waals surface area contributed by atoms with Crippen molar-refractivity contribution in [2.24, 2.45) is 0 Å². The van der Waals surface area contributed by atoms with Crippen molar-refractivity contribution >= 4 is 23.2 Å². The number of nitrogens with one attached hydrogen (secondary N) is 2. The monoisotopic (exact) mass is 357 g/mol. The van der Waals surface area contributed by atoms with Crippen LogP contribution in [0.3, 0.4) is 0 Å². The Morgan fingerprint density at radius 1 is 1.30 bits per heavy atom. The van der Waals surface area contributed by atoms with Crippen molar-refractivity contribution in [3.05, 3.63) is 50.5 Å². The number of aromatic amines is 1. The summed E-state index contributed by atoms with van der Waals surface area (Å²) in [5.41, 5.74) is -0.341. The summed E-state index contributed by atoms with van der Waals surface area (Å²) >= 11 is 12.2. The topological polar surface area (TPSA) is 79.3 Å². The van der Waals surface area contributed by atoms with Gasteiger partial charge in [-0.25, -0.2) is 4.79 Å². The van der Waals surface area contributed by atoms with Crippen molar-refractivity contribution in [1.29, 1.82) is 0 Å². The van der Waals surface area contributed by atoms with Crippen LogP contribution in [0.25, 0.3) is 0 Å². The maximum Gasteiger partial charge on any atom is 0.328 e. The number of halogens is 2. The Kier molecular flexibility index (Phi) is 4.68. The number of nitrogens with zero attached hydrogens (tertiary/aromatic N) is 1. The van der Waals surface area contributed by atoms with E-state index >= 15 is 0 Å². The van der Waals surface area contributed by atoms with Gasteiger partial charge in [0, 0.05) is 6.54 Å². The second kappa shape index (κ2) is 6.57. The SMILES string of the molecule is O=c1[nH]cc(O)n1C[C@]1(c2ccc(Cl)c(Cl)c2)CCNCCO1. The predicted octanol–water partition coefficient (Wildman–Crippen LogP) is 2.09. The molecular formula is C15H17Cl2N3O3. The van der Waals surface area contributed by atoms with E-state index < -0.39 is 5.60 Å². The Labute approximate surface area is 143 Å². The predicted molar refractivity (Wildman–Crippen MR) is 88.3 cm³/mol. The van der Waals surface area contributed by atoms with E-state index in [9.17, 15) is 9.90 Å². The first-order valence-electron chi connectivity index (χ1n) is 7.29. The summed E-state index contributed by atoms with van der Waals surface area (Å²) in [4.78, 5) is 14.4. The number of benzene rings is 1. The molecule has 0 radical (unpaired) electrons. The Balaban J connectivity index is 2.06. The summed E-state index contributed by atoms with van der Waals surface area (Å²) in [6, 6.07) is 5.31. The minimum absolute atomic E-state index is 0.129. The second-order valence-electron chi connectivity index (χ2n) is 5.51. The van der Waals surface area contributed by atoms with E-state index in [1.807, 2.05) is 6.07 Å². The lowest BCUT2D eigenvalue weighted by Gasteiger charge is -2.33. The molecule has 6 nitrogen and oxygen atoms in total. The van der Waals surface area contributed by atoms with Gasteiger partial charge in [-0.05, 0) is 30.7 Å². The molecule has 1 aliphatic heterocycles. The normalized spacial score (nSPS) is 22.0. The smallest absolute Gasteiger partial charge is 0.328 e. The molecule has 0 aliphatic carbocycles. The molecule has 3 N–H and O–H groups in total. The molecule has 124 valence electrons. The van der Waals surface area contributed by atoms with Crippen LogP contribution in [0.15, 0.2) is 29.2 Å². The average Bonchev–Trinajstić information content (AvgIpc) is 2.75. The molecule has 1 aromatic heterocycles. The Morgan fingerprint density at radius 3 is 2.83 bits per heavy atom. The third-order valence-electron chi connectivity index (χ3n) is 4.07. The highest BCUT2D eigenvalue weighted by Crippen LogP contribution is 2.36. The van der Waals surface area contributed by atoms with E-state index in [0.29, 0.717) is 23.1 Å². The molecule has 23 heavy (non-hydrogen) atoms. The first kappa shape index (κ1) is 16.4. The Bertz CT molecular complexity index is 749. The largest absolute Gasteiger partial charge is 0.493 e. The fourth-order valence-corrected chi connectivity index (χ4v) is 3.12. The van der Waals surface area contributed by atoms with Crippen LogP contribution in [0, 0.1) is 0 Å². The summed E-state index contributed by atoms with van der Waals surface area (Å²) < 4.78 is 7.36. The quantitative estimate of drug-likeness (QED) is 0.785. The number of aromatic nitrogens is 2. The van der Waals surface area contributed by atoms with Gasteiger partial charge in [-0.3, -0.25) is 4.57 Å². The Hall–Kier alpha value is -1.47. The van der Waals surface area contributed by atoms with Gasteiger partial charge in [0.05, 0.1) is 29.4 Å². The van der Waals surface area contributed by atoms with Crippen LogP contribution in [-0.4, -0.2) is 34.4 Å². The molecule has 1 aromatic carbocycles. The number of ether oxygens (including phenoxy) is 1. The van der Waals surface area contributed by atoms with Crippen LogP contribution >= 0.6 is 23.2 Å². The van der Waals surface area contributed by atoms with E-state index in [2.05, 4.69) is 10.3 Å². The summed E-state index contributed by atoms with van der Waals surface area (Å²) in [6.45, 7) is 2.11. The number of rotatable bonds is 3. The lowest BCUT2D eigenvalue weighted by atomic mass is 9.89. The maximum atomic E-state index is 11.9. The van der Waals surface area contributed by atoms with Gasteiger partial charge in [-0.2, -0.15) is 0 Å². The van der Waals surface area contributed by atoms with Crippen molar-refractivity contribution in [3.8, 4) is 5.88 Å². The number of hydrogen-bond acceptors (Lipinski definition) is 4. The highest BCUT2D eigenvalue weighted by Gasteiger charge is 2.36. The number of aromatic hydroxyl groups is 1. The molecule has 1 fully saturated rings. The average molecular weight is 358 g/mol. The molecule has 1 saturated heterocycles. The van der Waals surface area contributed by atoms with Crippen LogP contribution in [0.4, 0.5) is 0 Å². The molecule has 0 spiro atoms. The van der Waals surface area contributed by atoms with Crippen molar-refractivity contribution in [2.75, 3.05) is 19.7 Å². The molecule has 0 unspecified atom stereocenters. The molecule has 1 atom stereocenters. The highest BCUT2D eigenvalue weighted by molar-refractivity contribution is 6.42. The van der Waals surface area contributed by atoms with Gasteiger partial charge in [0.25, 0.3) is 0 Å². The van der Waals surface area contributed by atoms with Crippen molar-refractivity contribution in [3.63, 3.8) is 0 Å². The van der Waals surface area contributed by atoms with E-state index in [4.69, 9.17) is 27.9 Å². The second-order valence-corrected chi connectivity index (χ2v) is 6.32. The van der Waals surface area contributed by atoms with Crippen molar-refractivity contribution in [2.45, 2.75) is 18.6 Å². The summed E-state index contributed by atoms with van der Waals surface area (Å²) in [7, 11) is 0. The van der Waals surface area contributed by atoms with Gasteiger partial charge in [0.2, 0.25) is 5.88 Å². The van der Waals surface area contributed by atoms with Crippen molar-refractivity contribution in [1.82, 2.24) is 14.9 Å². The molecule has 1 aliphatic rings. The fraction of sp³-hybridized carbons (Fsp3) is 0.400. The molecule has 8 heteroatoms.